The van der Waals surface area contributed by atoms with Crippen molar-refractivity contribution in [3.05, 3.63) is 20.9 Å². The van der Waals surface area contributed by atoms with Gasteiger partial charge in [0.25, 0.3) is 5.24 Å². The van der Waals surface area contributed by atoms with Crippen LogP contribution in [0.5, 0.6) is 5.88 Å². The number of hydrogen-bond donors (Lipinski definition) is 0. The average molecular weight is 365 g/mol. The fraction of sp³-hybridized carbons (Fsp3) is 0.250. The molecule has 0 N–H and O–H groups in total. The van der Waals surface area contributed by atoms with Crippen LogP contribution in [-0.4, -0.2) is 16.6 Å². The van der Waals surface area contributed by atoms with E-state index in [1.165, 1.54) is 13.0 Å². The summed E-state index contributed by atoms with van der Waals surface area (Å²) >= 11 is 6.79. The normalized spacial score (nSPS) is 11.4. The smallest absolute Gasteiger partial charge is 0.387 e. The van der Waals surface area contributed by atoms with E-state index >= 15 is 0 Å². The van der Waals surface area contributed by atoms with Crippen molar-refractivity contribution >= 4 is 39.4 Å². The molecule has 0 atom stereocenters. The standard InChI is InChI=1S/C8H4ClF3INO2/c1-3-2-4(13)7(16-8(10,11)12)14-5(3)6(9)15/h2H,1H3. The Balaban J connectivity index is 3.20. The molecule has 1 aromatic rings. The number of rotatable bonds is 2. The van der Waals surface area contributed by atoms with Gasteiger partial charge >= 0.3 is 6.36 Å². The van der Waals surface area contributed by atoms with Crippen LogP contribution in [0.2, 0.25) is 0 Å². The number of halogens is 5. The monoisotopic (exact) mass is 365 g/mol. The van der Waals surface area contributed by atoms with Gasteiger partial charge in [-0.05, 0) is 52.7 Å². The zero-order valence-electron chi connectivity index (χ0n) is 7.73. The Morgan fingerprint density at radius 1 is 1.56 bits per heavy atom. The third-order valence-electron chi connectivity index (χ3n) is 1.53. The van der Waals surface area contributed by atoms with Crippen LogP contribution in [-0.2, 0) is 0 Å². The highest BCUT2D eigenvalue weighted by Crippen LogP contribution is 2.27. The Morgan fingerprint density at radius 2 is 2.12 bits per heavy atom. The number of carbonyl (C=O) groups is 1. The van der Waals surface area contributed by atoms with E-state index in [1.54, 1.807) is 22.6 Å². The van der Waals surface area contributed by atoms with E-state index in [2.05, 4.69) is 9.72 Å². The van der Waals surface area contributed by atoms with Gasteiger partial charge < -0.3 is 4.74 Å². The van der Waals surface area contributed by atoms with Crippen molar-refractivity contribution in [2.24, 2.45) is 0 Å². The van der Waals surface area contributed by atoms with Crippen LogP contribution in [0.15, 0.2) is 6.07 Å². The molecule has 1 rings (SSSR count). The number of pyridine rings is 1. The van der Waals surface area contributed by atoms with Crippen molar-refractivity contribution in [2.75, 3.05) is 0 Å². The van der Waals surface area contributed by atoms with Gasteiger partial charge in [0.05, 0.1) is 3.57 Å². The topological polar surface area (TPSA) is 39.2 Å². The first-order chi connectivity index (χ1) is 7.20. The number of aromatic nitrogens is 1. The van der Waals surface area contributed by atoms with Crippen LogP contribution in [0.3, 0.4) is 0 Å². The summed E-state index contributed by atoms with van der Waals surface area (Å²) in [5, 5.41) is -0.930. The van der Waals surface area contributed by atoms with Crippen LogP contribution in [0.25, 0.3) is 0 Å². The first-order valence-electron chi connectivity index (χ1n) is 3.83. The molecule has 0 unspecified atom stereocenters. The van der Waals surface area contributed by atoms with Gasteiger partial charge in [-0.2, -0.15) is 0 Å². The van der Waals surface area contributed by atoms with E-state index in [1.807, 2.05) is 0 Å². The van der Waals surface area contributed by atoms with Crippen molar-refractivity contribution in [3.63, 3.8) is 0 Å². The van der Waals surface area contributed by atoms with Crippen LogP contribution >= 0.6 is 34.2 Å². The molecule has 16 heavy (non-hydrogen) atoms. The summed E-state index contributed by atoms with van der Waals surface area (Å²) in [6.07, 6.45) is -4.85. The molecule has 0 aliphatic rings. The molecule has 1 heterocycles. The highest BCUT2D eigenvalue weighted by Gasteiger charge is 2.33. The zero-order chi connectivity index (χ0) is 12.5. The van der Waals surface area contributed by atoms with Gasteiger partial charge in [-0.15, -0.1) is 13.2 Å². The van der Waals surface area contributed by atoms with Gasteiger partial charge in [0, 0.05) is 0 Å². The fourth-order valence-electron chi connectivity index (χ4n) is 0.943. The molecule has 0 aromatic carbocycles. The number of aryl methyl sites for hydroxylation is 1. The number of alkyl halides is 3. The summed E-state index contributed by atoms with van der Waals surface area (Å²) in [5.41, 5.74) is 0.139. The third-order valence-corrected chi connectivity index (χ3v) is 2.48. The quantitative estimate of drug-likeness (QED) is 0.596. The first kappa shape index (κ1) is 13.5. The lowest BCUT2D eigenvalue weighted by atomic mass is 10.2. The molecule has 0 spiro atoms. The van der Waals surface area contributed by atoms with Gasteiger partial charge in [0.2, 0.25) is 5.88 Å². The summed E-state index contributed by atoms with van der Waals surface area (Å²) in [7, 11) is 0. The van der Waals surface area contributed by atoms with Crippen molar-refractivity contribution in [2.45, 2.75) is 13.3 Å². The maximum Gasteiger partial charge on any atom is 0.574 e. The van der Waals surface area contributed by atoms with E-state index in [-0.39, 0.29) is 9.26 Å². The summed E-state index contributed by atoms with van der Waals surface area (Å²) in [6.45, 7) is 1.52. The largest absolute Gasteiger partial charge is 0.574 e. The highest BCUT2D eigenvalue weighted by atomic mass is 127. The molecule has 0 amide bonds. The van der Waals surface area contributed by atoms with Crippen LogP contribution in [0, 0.1) is 10.5 Å². The van der Waals surface area contributed by atoms with Gasteiger partial charge in [-0.25, -0.2) is 4.98 Å². The van der Waals surface area contributed by atoms with Gasteiger partial charge in [0.15, 0.2) is 0 Å². The maximum absolute atomic E-state index is 12.0. The number of nitrogens with zero attached hydrogens (tertiary/aromatic N) is 1. The molecule has 0 saturated carbocycles. The van der Waals surface area contributed by atoms with Crippen LogP contribution < -0.4 is 4.74 Å². The Labute approximate surface area is 107 Å². The minimum Gasteiger partial charge on any atom is -0.387 e. The highest BCUT2D eigenvalue weighted by molar-refractivity contribution is 14.1. The fourth-order valence-corrected chi connectivity index (χ4v) is 1.83. The molecule has 0 saturated heterocycles. The lowest BCUT2D eigenvalue weighted by Crippen LogP contribution is -2.19. The van der Waals surface area contributed by atoms with E-state index < -0.39 is 17.5 Å². The summed E-state index contributed by atoms with van der Waals surface area (Å²) in [6, 6.07) is 1.34. The van der Waals surface area contributed by atoms with E-state index in [9.17, 15) is 18.0 Å². The van der Waals surface area contributed by atoms with Crippen molar-refractivity contribution in [1.82, 2.24) is 4.98 Å². The van der Waals surface area contributed by atoms with Crippen molar-refractivity contribution < 1.29 is 22.7 Å². The Bertz CT molecular complexity index is 436. The molecule has 0 bridgehead atoms. The first-order valence-corrected chi connectivity index (χ1v) is 5.29. The minimum absolute atomic E-state index is 0.147. The molecule has 0 aliphatic carbocycles. The Morgan fingerprint density at radius 3 is 2.56 bits per heavy atom. The van der Waals surface area contributed by atoms with E-state index in [0.29, 0.717) is 5.56 Å². The van der Waals surface area contributed by atoms with Crippen molar-refractivity contribution in [3.8, 4) is 5.88 Å². The minimum atomic E-state index is -4.85. The SMILES string of the molecule is Cc1cc(I)c(OC(F)(F)F)nc1C(=O)Cl. The molecule has 0 aliphatic heterocycles. The maximum atomic E-state index is 12.0. The second kappa shape index (κ2) is 4.74. The molecule has 3 nitrogen and oxygen atoms in total. The van der Waals surface area contributed by atoms with Gasteiger partial charge in [0.1, 0.15) is 5.69 Å². The molecule has 8 heteroatoms. The van der Waals surface area contributed by atoms with Crippen LogP contribution in [0.1, 0.15) is 16.1 Å². The zero-order valence-corrected chi connectivity index (χ0v) is 10.6. The van der Waals surface area contributed by atoms with E-state index in [0.717, 1.165) is 0 Å². The predicted octanol–water partition coefficient (Wildman–Crippen LogP) is 3.27. The number of carbonyl (C=O) groups excluding carboxylic acids is 1. The Hall–Kier alpha value is -0.570. The van der Waals surface area contributed by atoms with Gasteiger partial charge in [-0.3, -0.25) is 4.79 Å². The second-order valence-electron chi connectivity index (χ2n) is 2.76. The molecular formula is C8H4ClF3INO2. The summed E-state index contributed by atoms with van der Waals surface area (Å²) in [4.78, 5) is 14.3. The molecule has 0 fully saturated rings. The van der Waals surface area contributed by atoms with Crippen molar-refractivity contribution in [1.29, 1.82) is 0 Å². The molecule has 0 radical (unpaired) electrons. The lowest BCUT2D eigenvalue weighted by Gasteiger charge is -2.11. The molecule has 88 valence electrons. The summed E-state index contributed by atoms with van der Waals surface area (Å²) in [5.74, 6) is -0.678. The second-order valence-corrected chi connectivity index (χ2v) is 4.27. The molecular weight excluding hydrogens is 361 g/mol. The van der Waals surface area contributed by atoms with E-state index in [4.69, 9.17) is 11.6 Å². The Kier molecular flexibility index (Phi) is 4.00. The predicted molar refractivity (Wildman–Crippen MR) is 58.6 cm³/mol. The number of ether oxygens (including phenoxy) is 1. The molecule has 1 aromatic heterocycles. The number of hydrogen-bond acceptors (Lipinski definition) is 3. The average Bonchev–Trinajstić information content (AvgIpc) is 2.07. The third kappa shape index (κ3) is 3.48. The summed E-state index contributed by atoms with van der Waals surface area (Å²) < 4.78 is 39.7. The van der Waals surface area contributed by atoms with Crippen LogP contribution in [0.4, 0.5) is 13.2 Å². The van der Waals surface area contributed by atoms with Gasteiger partial charge in [-0.1, -0.05) is 0 Å². The lowest BCUT2D eigenvalue weighted by molar-refractivity contribution is -0.276.